The Morgan fingerprint density at radius 3 is 1.81 bits per heavy atom. The highest BCUT2D eigenvalue weighted by molar-refractivity contribution is 5.87. The molecule has 19 nitrogen and oxygen atoms in total. The minimum Gasteiger partial charge on any atom is -0.454 e. The number of methoxy groups -OCH3 is 2. The minimum absolute atomic E-state index is 0.0934. The Morgan fingerprint density at radius 2 is 1.24 bits per heavy atom. The van der Waals surface area contributed by atoms with Crippen molar-refractivity contribution in [3.63, 3.8) is 0 Å². The molecule has 368 valence electrons. The number of imidazole rings is 2. The Hall–Kier alpha value is -7.57. The van der Waals surface area contributed by atoms with Crippen molar-refractivity contribution in [3.05, 3.63) is 95.8 Å². The predicted molar refractivity (Wildman–Crippen MR) is 255 cm³/mol. The van der Waals surface area contributed by atoms with Gasteiger partial charge in [-0.1, -0.05) is 82.3 Å². The molecule has 70 heavy (non-hydrogen) atoms. The number of amides is 5. The van der Waals surface area contributed by atoms with E-state index in [1.165, 1.54) is 14.2 Å². The topological polar surface area (TPSA) is 223 Å². The van der Waals surface area contributed by atoms with Gasteiger partial charge in [-0.3, -0.25) is 14.5 Å². The van der Waals surface area contributed by atoms with Crippen LogP contribution < -0.4 is 20.1 Å². The van der Waals surface area contributed by atoms with Crippen LogP contribution in [-0.2, 0) is 36.9 Å². The van der Waals surface area contributed by atoms with Gasteiger partial charge < -0.3 is 54.1 Å². The summed E-state index contributed by atoms with van der Waals surface area (Å²) in [6.45, 7) is 8.93. The van der Waals surface area contributed by atoms with Gasteiger partial charge in [-0.2, -0.15) is 0 Å². The number of piperidine rings is 1. The van der Waals surface area contributed by atoms with Crippen LogP contribution in [-0.4, -0.2) is 117 Å². The van der Waals surface area contributed by atoms with E-state index in [1.807, 2.05) is 93.3 Å². The number of likely N-dealkylation sites (tertiary alicyclic amines) is 2. The zero-order chi connectivity index (χ0) is 49.2. The standard InChI is InChI=1S/C51H59N9O10/c1-28(2)42(56-49(63)66-5)47(61)59-20-8-7-9-39(59)45-52-22-37(54-45)32-14-10-30(11-15-32)31-12-16-33(17-13-31)38-23-53-46(55-38)40-21-35(25-60(40)48(62)43(29(3)4)57-50(64)67-6)70-51(65)58-24-34-18-19-41-44(36(34)26-58)69-27-68-41/h10-19,22-23,28-29,35,39-40,42-43H,7-9,20-21,24-27H2,1-6H3,(H,52,54)(H,53,55)(H,56,63)(H,57,64)/t35-,39-,40?,42-,43-/m0/s1. The maximum Gasteiger partial charge on any atom is 0.410 e. The Balaban J connectivity index is 0.878. The molecule has 4 N–H and O–H groups in total. The third-order valence-electron chi connectivity index (χ3n) is 13.6. The summed E-state index contributed by atoms with van der Waals surface area (Å²) in [6.07, 6.45) is 3.85. The lowest BCUT2D eigenvalue weighted by molar-refractivity contribution is -0.138. The van der Waals surface area contributed by atoms with E-state index in [-0.39, 0.29) is 49.5 Å². The average molecular weight is 958 g/mol. The molecule has 1 unspecified atom stereocenters. The second kappa shape index (κ2) is 20.2. The van der Waals surface area contributed by atoms with E-state index in [0.717, 1.165) is 64.0 Å². The second-order valence-electron chi connectivity index (χ2n) is 18.8. The molecule has 2 fully saturated rings. The van der Waals surface area contributed by atoms with Crippen molar-refractivity contribution < 1.29 is 47.7 Å². The first-order valence-corrected chi connectivity index (χ1v) is 23.8. The summed E-state index contributed by atoms with van der Waals surface area (Å²) >= 11 is 0. The van der Waals surface area contributed by atoms with Gasteiger partial charge in [0.2, 0.25) is 18.6 Å². The van der Waals surface area contributed by atoms with Crippen molar-refractivity contribution in [2.24, 2.45) is 11.8 Å². The fraction of sp³-hybridized carbons (Fsp3) is 0.431. The molecule has 2 saturated heterocycles. The lowest BCUT2D eigenvalue weighted by atomic mass is 9.97. The number of aromatic nitrogens is 4. The van der Waals surface area contributed by atoms with Crippen LogP contribution >= 0.6 is 0 Å². The van der Waals surface area contributed by atoms with Gasteiger partial charge in [-0.15, -0.1) is 0 Å². The molecule has 2 aromatic heterocycles. The summed E-state index contributed by atoms with van der Waals surface area (Å²) in [5.74, 6) is 1.61. The molecular weight excluding hydrogens is 899 g/mol. The molecule has 5 aromatic rings. The van der Waals surface area contributed by atoms with E-state index in [2.05, 4.69) is 20.6 Å². The minimum atomic E-state index is -0.901. The third-order valence-corrected chi connectivity index (χ3v) is 13.6. The molecule has 9 rings (SSSR count). The monoisotopic (exact) mass is 957 g/mol. The molecule has 4 aliphatic heterocycles. The Bertz CT molecular complexity index is 2740. The number of rotatable bonds is 12. The number of hydrogen-bond donors (Lipinski definition) is 4. The van der Waals surface area contributed by atoms with Gasteiger partial charge >= 0.3 is 18.3 Å². The maximum atomic E-state index is 14.3. The molecule has 5 atom stereocenters. The quantitative estimate of drug-likeness (QED) is 0.0895. The van der Waals surface area contributed by atoms with Crippen LogP contribution in [0.25, 0.3) is 33.6 Å². The molecular formula is C51H59N9O10. The third kappa shape index (κ3) is 9.69. The fourth-order valence-electron chi connectivity index (χ4n) is 9.80. The fourth-order valence-corrected chi connectivity index (χ4v) is 9.80. The van der Waals surface area contributed by atoms with E-state index in [0.29, 0.717) is 42.8 Å². The zero-order valence-corrected chi connectivity index (χ0v) is 40.2. The molecule has 0 saturated carbocycles. The van der Waals surface area contributed by atoms with Crippen LogP contribution in [0.4, 0.5) is 14.4 Å². The van der Waals surface area contributed by atoms with E-state index < -0.39 is 42.5 Å². The molecule has 0 bridgehead atoms. The zero-order valence-electron chi connectivity index (χ0n) is 40.2. The van der Waals surface area contributed by atoms with Crippen molar-refractivity contribution in [2.75, 3.05) is 34.1 Å². The van der Waals surface area contributed by atoms with Crippen LogP contribution in [0, 0.1) is 11.8 Å². The van der Waals surface area contributed by atoms with Crippen LogP contribution in [0.1, 0.15) is 88.2 Å². The van der Waals surface area contributed by atoms with Crippen molar-refractivity contribution in [1.82, 2.24) is 45.3 Å². The molecule has 0 spiro atoms. The van der Waals surface area contributed by atoms with E-state index in [9.17, 15) is 24.0 Å². The Morgan fingerprint density at radius 1 is 0.686 bits per heavy atom. The van der Waals surface area contributed by atoms with Crippen molar-refractivity contribution in [1.29, 1.82) is 0 Å². The number of carbonyl (C=O) groups is 5. The van der Waals surface area contributed by atoms with Crippen molar-refractivity contribution >= 4 is 30.1 Å². The van der Waals surface area contributed by atoms with Crippen LogP contribution in [0.2, 0.25) is 0 Å². The van der Waals surface area contributed by atoms with Crippen LogP contribution in [0.3, 0.4) is 0 Å². The number of H-pyrrole nitrogens is 2. The predicted octanol–water partition coefficient (Wildman–Crippen LogP) is 7.47. The normalized spacial score (nSPS) is 19.2. The smallest absolute Gasteiger partial charge is 0.410 e. The Kier molecular flexibility index (Phi) is 13.7. The molecule has 4 aliphatic rings. The molecule has 3 aromatic carbocycles. The molecule has 5 amide bonds. The Labute approximate surface area is 405 Å². The summed E-state index contributed by atoms with van der Waals surface area (Å²) in [6, 6.07) is 17.5. The summed E-state index contributed by atoms with van der Waals surface area (Å²) in [7, 11) is 2.53. The van der Waals surface area contributed by atoms with Gasteiger partial charge in [-0.25, -0.2) is 24.4 Å². The van der Waals surface area contributed by atoms with E-state index in [4.69, 9.17) is 33.7 Å². The number of nitrogens with zero attached hydrogens (tertiary/aromatic N) is 5. The van der Waals surface area contributed by atoms with Gasteiger partial charge in [0, 0.05) is 25.1 Å². The number of alkyl carbamates (subject to hydrolysis) is 2. The number of nitrogens with one attached hydrogen (secondary N) is 4. The first kappa shape index (κ1) is 47.5. The average Bonchev–Trinajstić information content (AvgIpc) is 4.24. The number of hydrogen-bond acceptors (Lipinski definition) is 12. The van der Waals surface area contributed by atoms with Crippen molar-refractivity contribution in [3.8, 4) is 45.1 Å². The van der Waals surface area contributed by atoms with Gasteiger partial charge in [-0.05, 0) is 65.0 Å². The maximum absolute atomic E-state index is 14.3. The first-order valence-electron chi connectivity index (χ1n) is 23.8. The first-order chi connectivity index (χ1) is 33.8. The lowest BCUT2D eigenvalue weighted by Crippen LogP contribution is -2.53. The SMILES string of the molecule is COC(=O)N[C@H](C(=O)N1C[C@@H](OC(=O)N2Cc3ccc4c(c3C2)OCO4)CC1c1ncc(-c2ccc(-c3ccc(-c4cnc([C@@H]5CCCCN5C(=O)[C@@H](NC(=O)OC)C(C)C)[nH]4)cc3)cc2)[nH]1)C(C)C. The highest BCUT2D eigenvalue weighted by Gasteiger charge is 2.44. The largest absolute Gasteiger partial charge is 0.454 e. The second-order valence-corrected chi connectivity index (χ2v) is 18.8. The van der Waals surface area contributed by atoms with Crippen molar-refractivity contribution in [2.45, 2.75) is 96.7 Å². The molecule has 0 radical (unpaired) electrons. The highest BCUT2D eigenvalue weighted by atomic mass is 16.7. The van der Waals surface area contributed by atoms with Gasteiger partial charge in [0.15, 0.2) is 11.5 Å². The van der Waals surface area contributed by atoms with Gasteiger partial charge in [0.25, 0.3) is 0 Å². The molecule has 19 heteroatoms. The van der Waals surface area contributed by atoms with Crippen LogP contribution in [0.15, 0.2) is 73.1 Å². The highest BCUT2D eigenvalue weighted by Crippen LogP contribution is 2.42. The van der Waals surface area contributed by atoms with Crippen LogP contribution in [0.5, 0.6) is 11.5 Å². The number of benzene rings is 3. The molecule has 6 heterocycles. The number of carbonyl (C=O) groups excluding carboxylic acids is 5. The molecule has 0 aliphatic carbocycles. The van der Waals surface area contributed by atoms with Gasteiger partial charge in [0.1, 0.15) is 29.8 Å². The summed E-state index contributed by atoms with van der Waals surface area (Å²) in [4.78, 5) is 87.6. The lowest BCUT2D eigenvalue weighted by Gasteiger charge is -2.37. The van der Waals surface area contributed by atoms with Gasteiger partial charge in [0.05, 0.1) is 63.2 Å². The summed E-state index contributed by atoms with van der Waals surface area (Å²) in [5, 5.41) is 5.40. The van der Waals surface area contributed by atoms with E-state index >= 15 is 0 Å². The summed E-state index contributed by atoms with van der Waals surface area (Å²) < 4.78 is 27.0. The summed E-state index contributed by atoms with van der Waals surface area (Å²) in [5.41, 5.74) is 7.24. The number of aromatic amines is 2. The number of ether oxygens (including phenoxy) is 5. The number of fused-ring (bicyclic) bond motifs is 3. The van der Waals surface area contributed by atoms with E-state index in [1.54, 1.807) is 22.2 Å².